The predicted molar refractivity (Wildman–Crippen MR) is 113 cm³/mol. The molecule has 4 rings (SSSR count). The lowest BCUT2D eigenvalue weighted by Crippen LogP contribution is -2.14. The monoisotopic (exact) mass is 404 g/mol. The Morgan fingerprint density at radius 2 is 1.90 bits per heavy atom. The molecule has 0 aliphatic rings. The van der Waals surface area contributed by atoms with Gasteiger partial charge in [-0.3, -0.25) is 4.79 Å². The second kappa shape index (κ2) is 8.69. The average Bonchev–Trinajstić information content (AvgIpc) is 3.16. The molecular formula is C22H21FN6O. The number of nitrogens with zero attached hydrogens (tertiary/aromatic N) is 4. The Hall–Kier alpha value is -3.81. The quantitative estimate of drug-likeness (QED) is 0.490. The van der Waals surface area contributed by atoms with Crippen molar-refractivity contribution in [2.75, 3.05) is 10.6 Å². The average molecular weight is 404 g/mol. The van der Waals surface area contributed by atoms with Crippen molar-refractivity contribution in [3.63, 3.8) is 0 Å². The van der Waals surface area contributed by atoms with E-state index in [4.69, 9.17) is 0 Å². The molecule has 4 aromatic rings. The van der Waals surface area contributed by atoms with Crippen LogP contribution in [0.4, 0.5) is 15.9 Å². The zero-order chi connectivity index (χ0) is 20.9. The standard InChI is InChI=1S/C22H21FN6O/c1-15-13-17(23)7-8-18(15)25-22(30)12-11-21-27-26-20-10-9-19(28-29(20)21)24-14-16-5-3-2-4-6-16/h2-10,13H,11-12,14H2,1H3,(H,24,28)(H,25,30). The van der Waals surface area contributed by atoms with Crippen LogP contribution in [0.15, 0.2) is 60.7 Å². The minimum atomic E-state index is -0.330. The molecule has 2 aromatic heterocycles. The summed E-state index contributed by atoms with van der Waals surface area (Å²) >= 11 is 0. The van der Waals surface area contributed by atoms with Gasteiger partial charge >= 0.3 is 0 Å². The van der Waals surface area contributed by atoms with Crippen molar-refractivity contribution in [2.45, 2.75) is 26.3 Å². The van der Waals surface area contributed by atoms with Gasteiger partial charge in [0.05, 0.1) is 0 Å². The number of hydrogen-bond donors (Lipinski definition) is 2. The number of aryl methyl sites for hydroxylation is 2. The van der Waals surface area contributed by atoms with Gasteiger partial charge in [0.2, 0.25) is 5.91 Å². The Labute approximate surface area is 173 Å². The van der Waals surface area contributed by atoms with E-state index in [1.165, 1.54) is 12.1 Å². The molecule has 0 saturated heterocycles. The van der Waals surface area contributed by atoms with Crippen molar-refractivity contribution in [3.05, 3.63) is 83.4 Å². The number of halogens is 1. The first-order chi connectivity index (χ1) is 14.6. The normalized spacial score (nSPS) is 10.9. The number of rotatable bonds is 7. The van der Waals surface area contributed by atoms with E-state index in [-0.39, 0.29) is 18.1 Å². The van der Waals surface area contributed by atoms with E-state index < -0.39 is 0 Å². The predicted octanol–water partition coefficient (Wildman–Crippen LogP) is 3.76. The molecule has 0 atom stereocenters. The van der Waals surface area contributed by atoms with Crippen molar-refractivity contribution >= 4 is 23.1 Å². The Kier molecular flexibility index (Phi) is 5.65. The second-order valence-corrected chi connectivity index (χ2v) is 6.95. The number of aromatic nitrogens is 4. The molecule has 2 heterocycles. The van der Waals surface area contributed by atoms with Crippen molar-refractivity contribution in [3.8, 4) is 0 Å². The van der Waals surface area contributed by atoms with E-state index in [1.54, 1.807) is 17.5 Å². The Morgan fingerprint density at radius 3 is 2.70 bits per heavy atom. The fourth-order valence-corrected chi connectivity index (χ4v) is 3.08. The Balaban J connectivity index is 1.40. The van der Waals surface area contributed by atoms with Gasteiger partial charge in [-0.1, -0.05) is 30.3 Å². The number of carbonyl (C=O) groups excluding carboxylic acids is 1. The molecule has 0 fully saturated rings. The number of benzene rings is 2. The summed E-state index contributed by atoms with van der Waals surface area (Å²) in [4.78, 5) is 12.3. The molecule has 0 bridgehead atoms. The lowest BCUT2D eigenvalue weighted by Gasteiger charge is -2.08. The highest BCUT2D eigenvalue weighted by Gasteiger charge is 2.11. The SMILES string of the molecule is Cc1cc(F)ccc1NC(=O)CCc1nnc2ccc(NCc3ccccc3)nn12. The maximum absolute atomic E-state index is 13.2. The van der Waals surface area contributed by atoms with Gasteiger partial charge < -0.3 is 10.6 Å². The van der Waals surface area contributed by atoms with Crippen LogP contribution in [-0.4, -0.2) is 25.7 Å². The molecule has 2 aromatic carbocycles. The summed E-state index contributed by atoms with van der Waals surface area (Å²) in [5, 5.41) is 18.9. The van der Waals surface area contributed by atoms with Gasteiger partial charge in [0.25, 0.3) is 0 Å². The van der Waals surface area contributed by atoms with Crippen LogP contribution >= 0.6 is 0 Å². The van der Waals surface area contributed by atoms with Crippen LogP contribution in [0.2, 0.25) is 0 Å². The molecule has 0 saturated carbocycles. The number of hydrogen-bond acceptors (Lipinski definition) is 5. The molecule has 7 nitrogen and oxygen atoms in total. The summed E-state index contributed by atoms with van der Waals surface area (Å²) in [6.07, 6.45) is 0.587. The Bertz CT molecular complexity index is 1170. The molecule has 2 N–H and O–H groups in total. The summed E-state index contributed by atoms with van der Waals surface area (Å²) in [6.45, 7) is 2.40. The van der Waals surface area contributed by atoms with Crippen LogP contribution in [0.5, 0.6) is 0 Å². The second-order valence-electron chi connectivity index (χ2n) is 6.95. The minimum absolute atomic E-state index is 0.181. The van der Waals surface area contributed by atoms with Crippen LogP contribution in [0.3, 0.4) is 0 Å². The largest absolute Gasteiger partial charge is 0.365 e. The van der Waals surface area contributed by atoms with Gasteiger partial charge in [-0.25, -0.2) is 4.39 Å². The van der Waals surface area contributed by atoms with Gasteiger partial charge in [-0.05, 0) is 48.4 Å². The van der Waals surface area contributed by atoms with Gasteiger partial charge in [0.1, 0.15) is 11.6 Å². The zero-order valence-electron chi connectivity index (χ0n) is 16.5. The smallest absolute Gasteiger partial charge is 0.224 e. The van der Waals surface area contributed by atoms with Crippen LogP contribution in [0, 0.1) is 12.7 Å². The van der Waals surface area contributed by atoms with Crippen LogP contribution in [0.1, 0.15) is 23.4 Å². The first-order valence-electron chi connectivity index (χ1n) is 9.63. The van der Waals surface area contributed by atoms with E-state index in [0.717, 1.165) is 5.56 Å². The highest BCUT2D eigenvalue weighted by atomic mass is 19.1. The molecule has 0 aliphatic heterocycles. The number of anilines is 2. The molecular weight excluding hydrogens is 383 g/mol. The highest BCUT2D eigenvalue weighted by molar-refractivity contribution is 5.91. The van der Waals surface area contributed by atoms with Gasteiger partial charge in [0, 0.05) is 25.1 Å². The number of nitrogens with one attached hydrogen (secondary N) is 2. The molecule has 152 valence electrons. The van der Waals surface area contributed by atoms with Gasteiger partial charge in [-0.2, -0.15) is 4.52 Å². The van der Waals surface area contributed by atoms with E-state index in [2.05, 4.69) is 25.9 Å². The van der Waals surface area contributed by atoms with Gasteiger partial charge in [-0.15, -0.1) is 15.3 Å². The van der Waals surface area contributed by atoms with Crippen molar-refractivity contribution < 1.29 is 9.18 Å². The summed E-state index contributed by atoms with van der Waals surface area (Å²) in [7, 11) is 0. The number of amides is 1. The lowest BCUT2D eigenvalue weighted by atomic mass is 10.2. The first kappa shape index (κ1) is 19.5. The number of fused-ring (bicyclic) bond motifs is 1. The molecule has 0 unspecified atom stereocenters. The lowest BCUT2D eigenvalue weighted by molar-refractivity contribution is -0.116. The molecule has 0 spiro atoms. The van der Waals surface area contributed by atoms with Gasteiger partial charge in [0.15, 0.2) is 11.5 Å². The fourth-order valence-electron chi connectivity index (χ4n) is 3.08. The van der Waals surface area contributed by atoms with E-state index in [9.17, 15) is 9.18 Å². The van der Waals surface area contributed by atoms with Crippen molar-refractivity contribution in [2.24, 2.45) is 0 Å². The minimum Gasteiger partial charge on any atom is -0.365 e. The van der Waals surface area contributed by atoms with Crippen molar-refractivity contribution in [1.29, 1.82) is 0 Å². The van der Waals surface area contributed by atoms with Crippen LogP contribution < -0.4 is 10.6 Å². The zero-order valence-corrected chi connectivity index (χ0v) is 16.5. The third kappa shape index (κ3) is 4.60. The van der Waals surface area contributed by atoms with E-state index in [1.807, 2.05) is 42.5 Å². The molecule has 0 radical (unpaired) electrons. The topological polar surface area (TPSA) is 84.2 Å². The maximum atomic E-state index is 13.2. The highest BCUT2D eigenvalue weighted by Crippen LogP contribution is 2.16. The van der Waals surface area contributed by atoms with E-state index >= 15 is 0 Å². The van der Waals surface area contributed by atoms with E-state index in [0.29, 0.717) is 41.5 Å². The maximum Gasteiger partial charge on any atom is 0.224 e. The molecule has 30 heavy (non-hydrogen) atoms. The molecule has 8 heteroatoms. The molecule has 0 aliphatic carbocycles. The first-order valence-corrected chi connectivity index (χ1v) is 9.63. The summed E-state index contributed by atoms with van der Waals surface area (Å²) in [6, 6.07) is 18.0. The number of carbonyl (C=O) groups is 1. The summed E-state index contributed by atoms with van der Waals surface area (Å²) < 4.78 is 14.9. The van der Waals surface area contributed by atoms with Crippen LogP contribution in [-0.2, 0) is 17.8 Å². The third-order valence-electron chi connectivity index (χ3n) is 4.68. The Morgan fingerprint density at radius 1 is 1.07 bits per heavy atom. The summed E-state index contributed by atoms with van der Waals surface area (Å²) in [5.41, 5.74) is 3.03. The molecule has 1 amide bonds. The summed E-state index contributed by atoms with van der Waals surface area (Å²) in [5.74, 6) is 0.779. The van der Waals surface area contributed by atoms with Crippen LogP contribution in [0.25, 0.3) is 5.65 Å². The fraction of sp³-hybridized carbons (Fsp3) is 0.182. The third-order valence-corrected chi connectivity index (χ3v) is 4.68. The van der Waals surface area contributed by atoms with Crippen molar-refractivity contribution in [1.82, 2.24) is 19.8 Å².